The molecule has 0 unspecified atom stereocenters. The Bertz CT molecular complexity index is 842. The summed E-state index contributed by atoms with van der Waals surface area (Å²) in [5.41, 5.74) is 11.2. The maximum atomic E-state index is 12.4. The summed E-state index contributed by atoms with van der Waals surface area (Å²) in [6, 6.07) is 9.31. The van der Waals surface area contributed by atoms with Gasteiger partial charge in [0.2, 0.25) is 5.91 Å². The lowest BCUT2D eigenvalue weighted by atomic mass is 10.2. The Morgan fingerprint density at radius 1 is 1.24 bits per heavy atom. The second-order valence-electron chi connectivity index (χ2n) is 5.81. The van der Waals surface area contributed by atoms with Gasteiger partial charge >= 0.3 is 5.69 Å². The molecule has 134 valence electrons. The summed E-state index contributed by atoms with van der Waals surface area (Å²) in [6.07, 6.45) is 1.61. The Morgan fingerprint density at radius 3 is 2.52 bits per heavy atom. The summed E-state index contributed by atoms with van der Waals surface area (Å²) in [6.45, 7) is 2.46. The largest absolute Gasteiger partial charge is 0.383 e. The molecule has 0 fully saturated rings. The Kier molecular flexibility index (Phi) is 5.99. The topological polar surface area (TPSA) is 127 Å². The van der Waals surface area contributed by atoms with Crippen LogP contribution in [0.25, 0.3) is 0 Å². The van der Waals surface area contributed by atoms with E-state index in [0.717, 1.165) is 18.4 Å². The van der Waals surface area contributed by atoms with Crippen LogP contribution in [0.4, 0.5) is 11.5 Å². The van der Waals surface area contributed by atoms with E-state index in [2.05, 4.69) is 4.98 Å². The third-order valence-electron chi connectivity index (χ3n) is 3.83. The van der Waals surface area contributed by atoms with Crippen molar-refractivity contribution in [1.82, 2.24) is 9.55 Å². The second kappa shape index (κ2) is 8.18. The molecule has 8 heteroatoms. The number of hydrogen-bond donors (Lipinski definition) is 3. The predicted octanol–water partition coefficient (Wildman–Crippen LogP) is 0.411. The van der Waals surface area contributed by atoms with Crippen LogP contribution in [0.2, 0.25) is 0 Å². The predicted molar refractivity (Wildman–Crippen MR) is 97.3 cm³/mol. The van der Waals surface area contributed by atoms with Gasteiger partial charge in [-0.05, 0) is 12.0 Å². The SMILES string of the molecule is CCCCn1c(N)c(N(CC(N)=O)Cc2ccccc2)c(=O)[nH]c1=O. The number of nitrogens with zero attached hydrogens (tertiary/aromatic N) is 2. The van der Waals surface area contributed by atoms with E-state index in [9.17, 15) is 14.4 Å². The number of nitrogens with two attached hydrogens (primary N) is 2. The molecule has 1 aromatic heterocycles. The summed E-state index contributed by atoms with van der Waals surface area (Å²) in [5.74, 6) is -0.555. The van der Waals surface area contributed by atoms with Gasteiger partial charge in [-0.25, -0.2) is 4.79 Å². The van der Waals surface area contributed by atoms with Crippen molar-refractivity contribution in [2.75, 3.05) is 17.2 Å². The smallest absolute Gasteiger partial charge is 0.330 e. The third kappa shape index (κ3) is 4.50. The summed E-state index contributed by atoms with van der Waals surface area (Å²) in [4.78, 5) is 39.6. The van der Waals surface area contributed by atoms with Crippen LogP contribution in [-0.4, -0.2) is 22.0 Å². The number of hydrogen-bond acceptors (Lipinski definition) is 5. The highest BCUT2D eigenvalue weighted by Gasteiger charge is 2.20. The van der Waals surface area contributed by atoms with Crippen LogP contribution in [0, 0.1) is 0 Å². The molecule has 1 heterocycles. The van der Waals surface area contributed by atoms with Crippen molar-refractivity contribution in [1.29, 1.82) is 0 Å². The number of carbonyl (C=O) groups is 1. The molecule has 8 nitrogen and oxygen atoms in total. The summed E-state index contributed by atoms with van der Waals surface area (Å²) < 4.78 is 1.32. The second-order valence-corrected chi connectivity index (χ2v) is 5.81. The molecule has 0 spiro atoms. The molecule has 0 atom stereocenters. The van der Waals surface area contributed by atoms with Crippen LogP contribution < -0.4 is 27.6 Å². The van der Waals surface area contributed by atoms with Gasteiger partial charge in [0, 0.05) is 13.1 Å². The molecule has 0 saturated heterocycles. The molecular weight excluding hydrogens is 322 g/mol. The number of anilines is 2. The van der Waals surface area contributed by atoms with Crippen LogP contribution >= 0.6 is 0 Å². The first-order valence-electron chi connectivity index (χ1n) is 8.13. The molecule has 0 bridgehead atoms. The number of aromatic amines is 1. The van der Waals surface area contributed by atoms with Gasteiger partial charge in [0.25, 0.3) is 5.56 Å². The van der Waals surface area contributed by atoms with E-state index in [1.165, 1.54) is 9.47 Å². The molecule has 0 aliphatic carbocycles. The summed E-state index contributed by atoms with van der Waals surface area (Å²) in [5, 5.41) is 0. The number of rotatable bonds is 8. The van der Waals surface area contributed by atoms with Gasteiger partial charge in [0.05, 0.1) is 6.54 Å². The maximum absolute atomic E-state index is 12.4. The monoisotopic (exact) mass is 345 g/mol. The highest BCUT2D eigenvalue weighted by atomic mass is 16.2. The Hall–Kier alpha value is -3.03. The van der Waals surface area contributed by atoms with E-state index in [1.54, 1.807) is 0 Å². The van der Waals surface area contributed by atoms with Gasteiger partial charge in [0.1, 0.15) is 11.5 Å². The van der Waals surface area contributed by atoms with Crippen LogP contribution in [0.1, 0.15) is 25.3 Å². The van der Waals surface area contributed by atoms with Crippen molar-refractivity contribution in [2.24, 2.45) is 5.73 Å². The minimum atomic E-state index is -0.632. The van der Waals surface area contributed by atoms with Crippen molar-refractivity contribution in [3.8, 4) is 0 Å². The van der Waals surface area contributed by atoms with Gasteiger partial charge in [-0.2, -0.15) is 0 Å². The lowest BCUT2D eigenvalue weighted by molar-refractivity contribution is -0.116. The Labute approximate surface area is 145 Å². The minimum Gasteiger partial charge on any atom is -0.383 e. The molecule has 1 amide bonds. The van der Waals surface area contributed by atoms with Gasteiger partial charge in [-0.3, -0.25) is 19.1 Å². The lowest BCUT2D eigenvalue weighted by Gasteiger charge is -2.25. The number of primary amides is 1. The van der Waals surface area contributed by atoms with E-state index in [4.69, 9.17) is 11.5 Å². The molecule has 0 saturated carbocycles. The lowest BCUT2D eigenvalue weighted by Crippen LogP contribution is -2.41. The number of nitrogens with one attached hydrogen (secondary N) is 1. The van der Waals surface area contributed by atoms with E-state index < -0.39 is 17.2 Å². The van der Waals surface area contributed by atoms with E-state index in [0.29, 0.717) is 6.54 Å². The molecule has 0 radical (unpaired) electrons. The van der Waals surface area contributed by atoms with E-state index >= 15 is 0 Å². The highest BCUT2D eigenvalue weighted by molar-refractivity contribution is 5.80. The van der Waals surface area contributed by atoms with Crippen LogP contribution in [-0.2, 0) is 17.9 Å². The quantitative estimate of drug-likeness (QED) is 0.638. The van der Waals surface area contributed by atoms with Crippen LogP contribution in [0.3, 0.4) is 0 Å². The highest BCUT2D eigenvalue weighted by Crippen LogP contribution is 2.19. The molecule has 25 heavy (non-hydrogen) atoms. The average Bonchev–Trinajstić information content (AvgIpc) is 2.54. The first kappa shape index (κ1) is 18.3. The van der Waals surface area contributed by atoms with Crippen molar-refractivity contribution < 1.29 is 4.79 Å². The third-order valence-corrected chi connectivity index (χ3v) is 3.83. The van der Waals surface area contributed by atoms with E-state index in [-0.39, 0.29) is 24.6 Å². The first-order valence-corrected chi connectivity index (χ1v) is 8.13. The summed E-state index contributed by atoms with van der Waals surface area (Å²) >= 11 is 0. The Morgan fingerprint density at radius 2 is 1.92 bits per heavy atom. The summed E-state index contributed by atoms with van der Waals surface area (Å²) in [7, 11) is 0. The molecular formula is C17H23N5O3. The van der Waals surface area contributed by atoms with Crippen molar-refractivity contribution in [3.63, 3.8) is 0 Å². The van der Waals surface area contributed by atoms with Gasteiger partial charge < -0.3 is 16.4 Å². The Balaban J connectivity index is 2.50. The van der Waals surface area contributed by atoms with Gasteiger partial charge in [-0.15, -0.1) is 0 Å². The molecule has 5 N–H and O–H groups in total. The molecule has 2 rings (SSSR count). The fraction of sp³-hybridized carbons (Fsp3) is 0.353. The normalized spacial score (nSPS) is 10.6. The number of carbonyl (C=O) groups excluding carboxylic acids is 1. The zero-order valence-corrected chi connectivity index (χ0v) is 14.2. The molecule has 2 aromatic rings. The number of nitrogen functional groups attached to an aromatic ring is 1. The number of benzene rings is 1. The molecule has 1 aromatic carbocycles. The average molecular weight is 345 g/mol. The number of amides is 1. The number of aromatic nitrogens is 2. The van der Waals surface area contributed by atoms with Gasteiger partial charge in [0.15, 0.2) is 0 Å². The zero-order chi connectivity index (χ0) is 18.4. The molecule has 0 aliphatic heterocycles. The molecule has 0 aliphatic rings. The fourth-order valence-electron chi connectivity index (χ4n) is 2.63. The zero-order valence-electron chi connectivity index (χ0n) is 14.2. The van der Waals surface area contributed by atoms with Crippen molar-refractivity contribution in [3.05, 3.63) is 56.7 Å². The maximum Gasteiger partial charge on any atom is 0.330 e. The first-order chi connectivity index (χ1) is 11.9. The van der Waals surface area contributed by atoms with Crippen molar-refractivity contribution >= 4 is 17.4 Å². The standard InChI is InChI=1S/C17H23N5O3/c1-2-3-9-22-15(19)14(16(24)20-17(22)25)21(11-13(18)23)10-12-7-5-4-6-8-12/h4-8H,2-3,9-11,19H2,1H3,(H2,18,23)(H,20,24,25). The van der Waals surface area contributed by atoms with Crippen LogP contribution in [0.15, 0.2) is 39.9 Å². The minimum absolute atomic E-state index is 0.0411. The number of unbranched alkanes of at least 4 members (excludes halogenated alkanes) is 1. The number of H-pyrrole nitrogens is 1. The van der Waals surface area contributed by atoms with Crippen molar-refractivity contribution in [2.45, 2.75) is 32.9 Å². The van der Waals surface area contributed by atoms with Gasteiger partial charge in [-0.1, -0.05) is 43.7 Å². The fourth-order valence-corrected chi connectivity index (χ4v) is 2.63. The van der Waals surface area contributed by atoms with Crippen LogP contribution in [0.5, 0.6) is 0 Å². The van der Waals surface area contributed by atoms with E-state index in [1.807, 2.05) is 37.3 Å².